The van der Waals surface area contributed by atoms with Crippen LogP contribution in [0.1, 0.15) is 25.1 Å². The van der Waals surface area contributed by atoms with E-state index in [-0.39, 0.29) is 24.0 Å². The van der Waals surface area contributed by atoms with E-state index in [1.54, 1.807) is 18.5 Å². The van der Waals surface area contributed by atoms with E-state index < -0.39 is 0 Å². The molecule has 0 aliphatic heterocycles. The number of rotatable bonds is 8. The van der Waals surface area contributed by atoms with E-state index in [9.17, 15) is 0 Å². The summed E-state index contributed by atoms with van der Waals surface area (Å²) in [5.41, 5.74) is 7.76. The summed E-state index contributed by atoms with van der Waals surface area (Å²) in [5, 5.41) is 3.55. The molecule has 0 saturated carbocycles. The van der Waals surface area contributed by atoms with Crippen molar-refractivity contribution in [2.45, 2.75) is 26.8 Å². The maximum atomic E-state index is 6.19. The molecule has 3 N–H and O–H groups in total. The van der Waals surface area contributed by atoms with Crippen molar-refractivity contribution in [2.24, 2.45) is 16.6 Å². The van der Waals surface area contributed by atoms with Crippen LogP contribution in [0, 0.1) is 5.92 Å². The van der Waals surface area contributed by atoms with Crippen molar-refractivity contribution in [1.82, 2.24) is 15.3 Å². The standard InChI is InChI=1S/C18H24ClN5O.HI/c1-13(2)12-25-17-16(19)9-14(10-23-17)11-24-18(20)22-8-6-15-5-3-4-7-21-15;/h3-5,7,9-10,13H,6,8,11-12H2,1-2H3,(H3,20,22,24);1H. The highest BCUT2D eigenvalue weighted by Crippen LogP contribution is 2.23. The molecule has 0 spiro atoms. The van der Waals surface area contributed by atoms with E-state index in [4.69, 9.17) is 22.1 Å². The highest BCUT2D eigenvalue weighted by atomic mass is 127. The van der Waals surface area contributed by atoms with Gasteiger partial charge in [-0.1, -0.05) is 31.5 Å². The summed E-state index contributed by atoms with van der Waals surface area (Å²) in [5.74, 6) is 1.25. The lowest BCUT2D eigenvalue weighted by molar-refractivity contribution is 0.261. The molecule has 6 nitrogen and oxygen atoms in total. The van der Waals surface area contributed by atoms with Crippen molar-refractivity contribution >= 4 is 41.5 Å². The summed E-state index contributed by atoms with van der Waals surface area (Å²) in [6.07, 6.45) is 4.26. The minimum atomic E-state index is 0. The molecule has 0 aromatic carbocycles. The molecule has 142 valence electrons. The zero-order chi connectivity index (χ0) is 18.1. The van der Waals surface area contributed by atoms with Gasteiger partial charge in [0.1, 0.15) is 5.02 Å². The third kappa shape index (κ3) is 8.18. The molecule has 8 heteroatoms. The molecule has 0 aliphatic rings. The van der Waals surface area contributed by atoms with Gasteiger partial charge in [-0.25, -0.2) is 9.98 Å². The first-order valence-electron chi connectivity index (χ1n) is 8.25. The number of nitrogens with two attached hydrogens (primary N) is 1. The van der Waals surface area contributed by atoms with E-state index >= 15 is 0 Å². The molecule has 0 amide bonds. The summed E-state index contributed by atoms with van der Waals surface area (Å²) in [6, 6.07) is 7.64. The van der Waals surface area contributed by atoms with E-state index in [0.29, 0.717) is 42.5 Å². The first-order chi connectivity index (χ1) is 12.0. The Labute approximate surface area is 176 Å². The van der Waals surface area contributed by atoms with E-state index in [2.05, 4.69) is 34.1 Å². The molecular weight excluding hydrogens is 465 g/mol. The van der Waals surface area contributed by atoms with Gasteiger partial charge in [0.2, 0.25) is 5.88 Å². The summed E-state index contributed by atoms with van der Waals surface area (Å²) in [7, 11) is 0. The number of hydrogen-bond donors (Lipinski definition) is 2. The molecule has 0 fully saturated rings. The number of hydrogen-bond acceptors (Lipinski definition) is 4. The van der Waals surface area contributed by atoms with Crippen molar-refractivity contribution < 1.29 is 4.74 Å². The lowest BCUT2D eigenvalue weighted by Crippen LogP contribution is -2.33. The Balaban J connectivity index is 0.00000338. The fourth-order valence-corrected chi connectivity index (χ4v) is 2.24. The van der Waals surface area contributed by atoms with Gasteiger partial charge < -0.3 is 15.8 Å². The van der Waals surface area contributed by atoms with E-state index in [0.717, 1.165) is 17.7 Å². The van der Waals surface area contributed by atoms with Crippen molar-refractivity contribution in [3.8, 4) is 5.88 Å². The van der Waals surface area contributed by atoms with Crippen LogP contribution >= 0.6 is 35.6 Å². The fraction of sp³-hybridized carbons (Fsp3) is 0.389. The Bertz CT molecular complexity index is 697. The van der Waals surface area contributed by atoms with Crippen LogP contribution < -0.4 is 15.8 Å². The van der Waals surface area contributed by atoms with Crippen LogP contribution in [0.3, 0.4) is 0 Å². The maximum absolute atomic E-state index is 6.19. The van der Waals surface area contributed by atoms with Gasteiger partial charge in [0.05, 0.1) is 13.2 Å². The molecule has 2 rings (SSSR count). The third-order valence-electron chi connectivity index (χ3n) is 3.26. The second-order valence-corrected chi connectivity index (χ2v) is 6.44. The molecule has 0 saturated heterocycles. The van der Waals surface area contributed by atoms with Gasteiger partial charge >= 0.3 is 0 Å². The number of guanidine groups is 1. The van der Waals surface area contributed by atoms with Gasteiger partial charge in [-0.2, -0.15) is 0 Å². The number of nitrogens with one attached hydrogen (secondary N) is 1. The van der Waals surface area contributed by atoms with E-state index in [1.165, 1.54) is 0 Å². The Morgan fingerprint density at radius 2 is 2.15 bits per heavy atom. The summed E-state index contributed by atoms with van der Waals surface area (Å²) < 4.78 is 5.55. The Morgan fingerprint density at radius 1 is 1.35 bits per heavy atom. The normalized spacial score (nSPS) is 11.2. The fourth-order valence-electron chi connectivity index (χ4n) is 2.00. The van der Waals surface area contributed by atoms with Crippen LogP contribution in [-0.4, -0.2) is 29.1 Å². The minimum Gasteiger partial charge on any atom is -0.476 e. The van der Waals surface area contributed by atoms with Gasteiger partial charge in [0.25, 0.3) is 0 Å². The van der Waals surface area contributed by atoms with Gasteiger partial charge in [0, 0.05) is 31.1 Å². The topological polar surface area (TPSA) is 85.4 Å². The lowest BCUT2D eigenvalue weighted by Gasteiger charge is -2.10. The molecule has 0 radical (unpaired) electrons. The smallest absolute Gasteiger partial charge is 0.232 e. The molecule has 26 heavy (non-hydrogen) atoms. The highest BCUT2D eigenvalue weighted by molar-refractivity contribution is 14.0. The van der Waals surface area contributed by atoms with Crippen molar-refractivity contribution in [1.29, 1.82) is 0 Å². The zero-order valence-corrected chi connectivity index (χ0v) is 18.1. The minimum absolute atomic E-state index is 0. The lowest BCUT2D eigenvalue weighted by atomic mass is 10.2. The Hall–Kier alpha value is -1.61. The molecule has 0 bridgehead atoms. The molecule has 0 unspecified atom stereocenters. The van der Waals surface area contributed by atoms with Gasteiger partial charge in [-0.15, -0.1) is 24.0 Å². The number of aliphatic imine (C=N–C) groups is 1. The summed E-state index contributed by atoms with van der Waals surface area (Å²) in [4.78, 5) is 12.8. The maximum Gasteiger partial charge on any atom is 0.232 e. The molecule has 2 aromatic heterocycles. The molecule has 0 aliphatic carbocycles. The van der Waals surface area contributed by atoms with Gasteiger partial charge in [-0.05, 0) is 29.7 Å². The molecule has 2 heterocycles. The predicted molar refractivity (Wildman–Crippen MR) is 116 cm³/mol. The first-order valence-corrected chi connectivity index (χ1v) is 8.63. The summed E-state index contributed by atoms with van der Waals surface area (Å²) in [6.45, 7) is 5.80. The number of nitrogens with zero attached hydrogens (tertiary/aromatic N) is 3. The average Bonchev–Trinajstić information content (AvgIpc) is 2.60. The Morgan fingerprint density at radius 3 is 2.81 bits per heavy atom. The molecule has 0 atom stereocenters. The zero-order valence-electron chi connectivity index (χ0n) is 15.0. The second kappa shape index (κ2) is 11.9. The van der Waals surface area contributed by atoms with Crippen LogP contribution in [-0.2, 0) is 13.0 Å². The number of ether oxygens (including phenoxy) is 1. The van der Waals surface area contributed by atoms with Crippen molar-refractivity contribution in [2.75, 3.05) is 13.2 Å². The van der Waals surface area contributed by atoms with Crippen molar-refractivity contribution in [3.63, 3.8) is 0 Å². The van der Waals surface area contributed by atoms with Crippen LogP contribution in [0.15, 0.2) is 41.7 Å². The van der Waals surface area contributed by atoms with Crippen LogP contribution in [0.25, 0.3) is 0 Å². The predicted octanol–water partition coefficient (Wildman–Crippen LogP) is 3.43. The molecular formula is C18H25ClIN5O. The largest absolute Gasteiger partial charge is 0.476 e. The average molecular weight is 490 g/mol. The van der Waals surface area contributed by atoms with Gasteiger partial charge in [0.15, 0.2) is 5.96 Å². The number of aromatic nitrogens is 2. The van der Waals surface area contributed by atoms with Crippen molar-refractivity contribution in [3.05, 3.63) is 52.9 Å². The third-order valence-corrected chi connectivity index (χ3v) is 3.53. The van der Waals surface area contributed by atoms with Crippen LogP contribution in [0.5, 0.6) is 5.88 Å². The van der Waals surface area contributed by atoms with Gasteiger partial charge in [-0.3, -0.25) is 4.98 Å². The monoisotopic (exact) mass is 489 g/mol. The quantitative estimate of drug-likeness (QED) is 0.337. The second-order valence-electron chi connectivity index (χ2n) is 6.03. The van der Waals surface area contributed by atoms with Crippen LogP contribution in [0.2, 0.25) is 5.02 Å². The van der Waals surface area contributed by atoms with Crippen LogP contribution in [0.4, 0.5) is 0 Å². The Kier molecular flexibility index (Phi) is 10.3. The molecule has 2 aromatic rings. The highest BCUT2D eigenvalue weighted by Gasteiger charge is 2.06. The SMILES string of the molecule is CC(C)COc1ncc(CN=C(N)NCCc2ccccn2)cc1Cl.I. The summed E-state index contributed by atoms with van der Waals surface area (Å²) >= 11 is 6.19. The number of pyridine rings is 2. The van der Waals surface area contributed by atoms with E-state index in [1.807, 2.05) is 18.2 Å². The number of halogens is 2. The first kappa shape index (κ1) is 22.4.